The standard InChI is InChI=1S/C27H41N5O4.C2H6/c1-4-23(33)19-35-25(16-29-3)17-30-11-13-32(12-10-28-2)26(34)36-24-14-27(15-24)20-31(21-27)18-22-8-6-5-7-9-22;1-2/h5-9,16-17,23-24,28,33H,3-4,10-15,18-21H2,1-2H3;1-2H3/b25-16+,30-17?;. The molecule has 212 valence electrons. The van der Waals surface area contributed by atoms with Gasteiger partial charge in [0, 0.05) is 44.7 Å². The van der Waals surface area contributed by atoms with Crippen LogP contribution in [0.25, 0.3) is 0 Å². The molecular weight excluding hydrogens is 482 g/mol. The monoisotopic (exact) mass is 529 g/mol. The van der Waals surface area contributed by atoms with Gasteiger partial charge in [-0.3, -0.25) is 14.9 Å². The van der Waals surface area contributed by atoms with Gasteiger partial charge >= 0.3 is 6.09 Å². The van der Waals surface area contributed by atoms with Gasteiger partial charge in [-0.2, -0.15) is 0 Å². The van der Waals surface area contributed by atoms with E-state index in [9.17, 15) is 9.90 Å². The van der Waals surface area contributed by atoms with Crippen LogP contribution < -0.4 is 5.32 Å². The highest BCUT2D eigenvalue weighted by Crippen LogP contribution is 2.50. The molecular formula is C29H47N5O4. The molecule has 2 fully saturated rings. The summed E-state index contributed by atoms with van der Waals surface area (Å²) in [5.74, 6) is 0.420. The molecule has 38 heavy (non-hydrogen) atoms. The Bertz CT molecular complexity index is 878. The number of likely N-dealkylation sites (tertiary alicyclic amines) is 1. The maximum atomic E-state index is 12.8. The van der Waals surface area contributed by atoms with Crippen molar-refractivity contribution in [3.63, 3.8) is 0 Å². The number of benzene rings is 1. The summed E-state index contributed by atoms with van der Waals surface area (Å²) in [6.45, 7) is 14.7. The smallest absolute Gasteiger partial charge is 0.410 e. The Labute approximate surface area is 228 Å². The van der Waals surface area contributed by atoms with Crippen LogP contribution in [0.5, 0.6) is 0 Å². The van der Waals surface area contributed by atoms with Gasteiger partial charge in [-0.05, 0) is 38.6 Å². The summed E-state index contributed by atoms with van der Waals surface area (Å²) in [5, 5.41) is 12.8. The molecule has 1 saturated carbocycles. The number of likely N-dealkylation sites (N-methyl/N-ethyl adjacent to an activating group) is 1. The van der Waals surface area contributed by atoms with Crippen LogP contribution in [-0.2, 0) is 16.0 Å². The number of ether oxygens (including phenoxy) is 2. The lowest BCUT2D eigenvalue weighted by molar-refractivity contribution is -0.135. The first kappa shape index (κ1) is 31.5. The zero-order valence-electron chi connectivity index (χ0n) is 23.6. The topological polar surface area (TPSA) is 99.0 Å². The molecule has 2 N–H and O–H groups in total. The van der Waals surface area contributed by atoms with E-state index in [0.717, 1.165) is 32.5 Å². The van der Waals surface area contributed by atoms with E-state index >= 15 is 0 Å². The zero-order chi connectivity index (χ0) is 27.8. The number of nitrogens with one attached hydrogen (secondary N) is 1. The van der Waals surface area contributed by atoms with E-state index in [4.69, 9.17) is 9.47 Å². The molecule has 1 aliphatic heterocycles. The van der Waals surface area contributed by atoms with Gasteiger partial charge in [0.1, 0.15) is 12.7 Å². The molecule has 0 bridgehead atoms. The first-order chi connectivity index (χ1) is 18.5. The lowest BCUT2D eigenvalue weighted by Gasteiger charge is -2.58. The summed E-state index contributed by atoms with van der Waals surface area (Å²) in [5.41, 5.74) is 1.65. The summed E-state index contributed by atoms with van der Waals surface area (Å²) in [7, 11) is 1.86. The quantitative estimate of drug-likeness (QED) is 0.265. The molecule has 3 rings (SSSR count). The van der Waals surface area contributed by atoms with Gasteiger partial charge in [0.05, 0.1) is 25.1 Å². The van der Waals surface area contributed by atoms with Crippen molar-refractivity contribution in [3.05, 3.63) is 47.9 Å². The number of hydrogen-bond acceptors (Lipinski definition) is 8. The maximum absolute atomic E-state index is 12.8. The fraction of sp³-hybridized carbons (Fsp3) is 0.621. The number of aliphatic hydroxyl groups excluding tert-OH is 1. The van der Waals surface area contributed by atoms with E-state index in [0.29, 0.717) is 43.8 Å². The number of rotatable bonds is 15. The van der Waals surface area contributed by atoms with Crippen molar-refractivity contribution < 1.29 is 19.4 Å². The van der Waals surface area contributed by atoms with Crippen molar-refractivity contribution in [1.29, 1.82) is 0 Å². The number of carbonyl (C=O) groups excluding carboxylic acids is 1. The van der Waals surface area contributed by atoms with Crippen LogP contribution in [0.15, 0.2) is 52.3 Å². The Morgan fingerprint density at radius 2 is 2.00 bits per heavy atom. The Morgan fingerprint density at radius 1 is 1.29 bits per heavy atom. The highest BCUT2D eigenvalue weighted by molar-refractivity contribution is 5.76. The molecule has 1 amide bonds. The molecule has 9 heteroatoms. The van der Waals surface area contributed by atoms with Crippen molar-refractivity contribution in [1.82, 2.24) is 15.1 Å². The Kier molecular flexibility index (Phi) is 14.0. The Balaban J connectivity index is 0.00000247. The largest absolute Gasteiger partial charge is 0.488 e. The molecule has 2 aliphatic rings. The average Bonchev–Trinajstić information content (AvgIpc) is 2.90. The zero-order valence-corrected chi connectivity index (χ0v) is 23.6. The SMILES string of the molecule is C=N/C=C(\C=NCCN(CCNC)C(=O)OC1CC2(C1)CN(Cc1ccccc1)C2)OCC(O)CC.CC. The molecule has 1 spiro atoms. The van der Waals surface area contributed by atoms with Gasteiger partial charge in [-0.15, -0.1) is 0 Å². The van der Waals surface area contributed by atoms with Crippen LogP contribution in [0.3, 0.4) is 0 Å². The van der Waals surface area contributed by atoms with Crippen LogP contribution in [0, 0.1) is 5.41 Å². The van der Waals surface area contributed by atoms with Gasteiger partial charge in [-0.1, -0.05) is 51.1 Å². The Morgan fingerprint density at radius 3 is 2.63 bits per heavy atom. The van der Waals surface area contributed by atoms with Crippen LogP contribution in [0.4, 0.5) is 4.79 Å². The second kappa shape index (κ2) is 17.0. The predicted octanol–water partition coefficient (Wildman–Crippen LogP) is 3.74. The highest BCUT2D eigenvalue weighted by atomic mass is 16.6. The van der Waals surface area contributed by atoms with E-state index in [1.807, 2.05) is 33.9 Å². The first-order valence-electron chi connectivity index (χ1n) is 13.8. The molecule has 1 aromatic rings. The van der Waals surface area contributed by atoms with Crippen molar-refractivity contribution in [3.8, 4) is 0 Å². The van der Waals surface area contributed by atoms with E-state index in [1.54, 1.807) is 11.1 Å². The van der Waals surface area contributed by atoms with Crippen molar-refractivity contribution in [2.45, 2.75) is 58.8 Å². The maximum Gasteiger partial charge on any atom is 0.410 e. The van der Waals surface area contributed by atoms with Crippen molar-refractivity contribution in [2.24, 2.45) is 15.4 Å². The number of aliphatic imine (C=N–C) groups is 2. The number of aliphatic hydroxyl groups is 1. The molecule has 9 nitrogen and oxygen atoms in total. The molecule has 0 aromatic heterocycles. The van der Waals surface area contributed by atoms with Crippen LogP contribution in [0.2, 0.25) is 0 Å². The van der Waals surface area contributed by atoms with E-state index in [1.165, 1.54) is 11.8 Å². The van der Waals surface area contributed by atoms with Gasteiger partial charge in [0.2, 0.25) is 0 Å². The second-order valence-corrected chi connectivity index (χ2v) is 9.76. The molecule has 1 aromatic carbocycles. The minimum atomic E-state index is -0.545. The third kappa shape index (κ3) is 10.2. The average molecular weight is 530 g/mol. The summed E-state index contributed by atoms with van der Waals surface area (Å²) in [6.07, 6.45) is 4.63. The second-order valence-electron chi connectivity index (χ2n) is 9.76. The van der Waals surface area contributed by atoms with Gasteiger partial charge in [0.25, 0.3) is 0 Å². The number of allylic oxidation sites excluding steroid dienone is 1. The summed E-state index contributed by atoms with van der Waals surface area (Å²) in [4.78, 5) is 25.1. The van der Waals surface area contributed by atoms with Crippen LogP contribution in [-0.4, -0.2) is 99.1 Å². The molecule has 1 unspecified atom stereocenters. The van der Waals surface area contributed by atoms with E-state index in [-0.39, 0.29) is 18.8 Å². The minimum absolute atomic E-state index is 0.0106. The summed E-state index contributed by atoms with van der Waals surface area (Å²) < 4.78 is 11.3. The normalized spacial score (nSPS) is 17.7. The predicted molar refractivity (Wildman–Crippen MR) is 154 cm³/mol. The van der Waals surface area contributed by atoms with Gasteiger partial charge < -0.3 is 24.8 Å². The third-order valence-electron chi connectivity index (χ3n) is 6.70. The van der Waals surface area contributed by atoms with Crippen molar-refractivity contribution in [2.75, 3.05) is 52.9 Å². The molecule has 1 saturated heterocycles. The highest BCUT2D eigenvalue weighted by Gasteiger charge is 2.53. The van der Waals surface area contributed by atoms with Crippen molar-refractivity contribution >= 4 is 19.0 Å². The molecule has 1 heterocycles. The lowest BCUT2D eigenvalue weighted by Crippen LogP contribution is -2.64. The minimum Gasteiger partial charge on any atom is -0.488 e. The molecule has 1 aliphatic carbocycles. The Hall–Kier alpha value is -2.75. The fourth-order valence-corrected chi connectivity index (χ4v) is 4.70. The van der Waals surface area contributed by atoms with Gasteiger partial charge in [0.15, 0.2) is 5.76 Å². The third-order valence-corrected chi connectivity index (χ3v) is 6.70. The number of amides is 1. The number of carbonyl (C=O) groups is 1. The van der Waals surface area contributed by atoms with Gasteiger partial charge in [-0.25, -0.2) is 4.79 Å². The molecule has 1 atom stereocenters. The number of nitrogens with zero attached hydrogens (tertiary/aromatic N) is 4. The fourth-order valence-electron chi connectivity index (χ4n) is 4.70. The summed E-state index contributed by atoms with van der Waals surface area (Å²) in [6, 6.07) is 10.5. The first-order valence-corrected chi connectivity index (χ1v) is 13.8. The van der Waals surface area contributed by atoms with Crippen LogP contribution in [0.1, 0.15) is 45.6 Å². The van der Waals surface area contributed by atoms with E-state index in [2.05, 4.69) is 51.2 Å². The lowest BCUT2D eigenvalue weighted by atomic mass is 9.61. The number of hydrogen-bond donors (Lipinski definition) is 2. The molecule has 0 radical (unpaired) electrons. The van der Waals surface area contributed by atoms with E-state index < -0.39 is 6.10 Å². The van der Waals surface area contributed by atoms with Crippen LogP contribution >= 0.6 is 0 Å². The summed E-state index contributed by atoms with van der Waals surface area (Å²) >= 11 is 0.